The first-order valence-electron chi connectivity index (χ1n) is 10.5. The minimum Gasteiger partial charge on any atom is -0.371 e. The summed E-state index contributed by atoms with van der Waals surface area (Å²) >= 11 is 0. The molecule has 156 valence electrons. The molecule has 1 aromatic heterocycles. The Morgan fingerprint density at radius 2 is 2.23 bits per heavy atom. The fourth-order valence-electron chi connectivity index (χ4n) is 4.32. The Bertz CT molecular complexity index is 1060. The number of aromatic nitrogens is 2. The first-order chi connectivity index (χ1) is 14.6. The maximum absolute atomic E-state index is 12.6. The Kier molecular flexibility index (Phi) is 4.88. The summed E-state index contributed by atoms with van der Waals surface area (Å²) in [5.41, 5.74) is 11.5. The summed E-state index contributed by atoms with van der Waals surface area (Å²) in [6.45, 7) is 4.38. The third-order valence-corrected chi connectivity index (χ3v) is 6.07. The second-order valence-electron chi connectivity index (χ2n) is 8.24. The monoisotopic (exact) mass is 405 g/mol. The maximum atomic E-state index is 12.6. The summed E-state index contributed by atoms with van der Waals surface area (Å²) in [5.74, 6) is 0.946. The van der Waals surface area contributed by atoms with Gasteiger partial charge < -0.3 is 20.9 Å². The smallest absolute Gasteiger partial charge is 0.230 e. The van der Waals surface area contributed by atoms with E-state index in [0.717, 1.165) is 54.1 Å². The first kappa shape index (κ1) is 19.0. The molecule has 8 heteroatoms. The Morgan fingerprint density at radius 1 is 1.33 bits per heavy atom. The highest BCUT2D eigenvalue weighted by Gasteiger charge is 2.29. The molecule has 0 saturated carbocycles. The zero-order chi connectivity index (χ0) is 20.7. The highest BCUT2D eigenvalue weighted by molar-refractivity contribution is 5.83. The number of benzene rings is 1. The number of aromatic amines is 1. The molecule has 5 N–H and O–H groups in total. The van der Waals surface area contributed by atoms with Gasteiger partial charge in [0.2, 0.25) is 5.91 Å². The van der Waals surface area contributed by atoms with Crippen LogP contribution in [0.4, 0.5) is 0 Å². The molecule has 2 aliphatic heterocycles. The van der Waals surface area contributed by atoms with Crippen LogP contribution >= 0.6 is 0 Å². The third-order valence-electron chi connectivity index (χ3n) is 6.07. The van der Waals surface area contributed by atoms with Gasteiger partial charge in [0, 0.05) is 19.3 Å². The molecule has 30 heavy (non-hydrogen) atoms. The maximum Gasteiger partial charge on any atom is 0.230 e. The van der Waals surface area contributed by atoms with Gasteiger partial charge in [0.1, 0.15) is 18.0 Å². The minimum atomic E-state index is -0.416. The molecule has 3 atom stereocenters. The van der Waals surface area contributed by atoms with E-state index in [2.05, 4.69) is 45.7 Å². The van der Waals surface area contributed by atoms with Crippen LogP contribution in [0.15, 0.2) is 46.6 Å². The molecule has 5 rings (SSSR count). The summed E-state index contributed by atoms with van der Waals surface area (Å²) in [5, 5.41) is 6.73. The number of nitrogens with one attached hydrogen (secondary N) is 3. The van der Waals surface area contributed by atoms with Crippen molar-refractivity contribution in [2.45, 2.75) is 32.0 Å². The predicted molar refractivity (Wildman–Crippen MR) is 117 cm³/mol. The largest absolute Gasteiger partial charge is 0.371 e. The van der Waals surface area contributed by atoms with Gasteiger partial charge in [-0.2, -0.15) is 0 Å². The van der Waals surface area contributed by atoms with Crippen molar-refractivity contribution in [3.63, 3.8) is 0 Å². The average Bonchev–Trinajstić information content (AvgIpc) is 3.43. The van der Waals surface area contributed by atoms with E-state index in [0.29, 0.717) is 6.67 Å². The van der Waals surface area contributed by atoms with Crippen LogP contribution < -0.4 is 16.4 Å². The predicted octanol–water partition coefficient (Wildman–Crippen LogP) is 1.48. The van der Waals surface area contributed by atoms with E-state index < -0.39 is 6.17 Å². The van der Waals surface area contributed by atoms with Crippen LogP contribution in [0.3, 0.4) is 0 Å². The standard InChI is InChI=1S/C22H27N7O/c1-13-2-7-16-17(10-13)28-21(27-16)19-20(23)25-11-18(26-19)14-3-5-15(6-4-14)22(30)29-9-8-24-12-29/h2-3,5,7,10-11,15,19-20,24,26H,4,6,8-9,12,23H2,1H3,(H,27,28)/b18-14-. The molecule has 3 unspecified atom stereocenters. The Balaban J connectivity index is 1.36. The van der Waals surface area contributed by atoms with E-state index in [9.17, 15) is 4.79 Å². The zero-order valence-electron chi connectivity index (χ0n) is 17.1. The van der Waals surface area contributed by atoms with Gasteiger partial charge in [-0.1, -0.05) is 18.2 Å². The zero-order valence-corrected chi connectivity index (χ0v) is 17.1. The van der Waals surface area contributed by atoms with Crippen molar-refractivity contribution < 1.29 is 4.79 Å². The Labute approximate surface area is 175 Å². The molecule has 1 fully saturated rings. The quantitative estimate of drug-likeness (QED) is 0.605. The second-order valence-corrected chi connectivity index (χ2v) is 8.24. The summed E-state index contributed by atoms with van der Waals surface area (Å²) in [4.78, 5) is 27.1. The number of allylic oxidation sites excluding steroid dienone is 3. The van der Waals surface area contributed by atoms with Crippen LogP contribution in [0.5, 0.6) is 0 Å². The highest BCUT2D eigenvalue weighted by atomic mass is 16.2. The molecule has 8 nitrogen and oxygen atoms in total. The molecule has 0 spiro atoms. The fourth-order valence-corrected chi connectivity index (χ4v) is 4.32. The lowest BCUT2D eigenvalue weighted by atomic mass is 9.90. The Hall–Kier alpha value is -2.97. The number of H-pyrrole nitrogens is 1. The minimum absolute atomic E-state index is 0.0496. The van der Waals surface area contributed by atoms with E-state index in [1.807, 2.05) is 17.0 Å². The molecule has 0 radical (unpaired) electrons. The molecule has 1 saturated heterocycles. The van der Waals surface area contributed by atoms with Crippen molar-refractivity contribution in [1.82, 2.24) is 25.5 Å². The van der Waals surface area contributed by atoms with Crippen molar-refractivity contribution in [3.05, 3.63) is 53.0 Å². The molecule has 1 amide bonds. The summed E-state index contributed by atoms with van der Waals surface area (Å²) in [6.07, 6.45) is 7.10. The molecular formula is C22H27N7O. The van der Waals surface area contributed by atoms with Gasteiger partial charge in [-0.15, -0.1) is 0 Å². The highest BCUT2D eigenvalue weighted by Crippen LogP contribution is 2.28. The lowest BCUT2D eigenvalue weighted by molar-refractivity contribution is -0.133. The van der Waals surface area contributed by atoms with Gasteiger partial charge >= 0.3 is 0 Å². The van der Waals surface area contributed by atoms with E-state index in [1.165, 1.54) is 5.56 Å². The third kappa shape index (κ3) is 3.53. The molecule has 2 aromatic rings. The average molecular weight is 406 g/mol. The van der Waals surface area contributed by atoms with Crippen LogP contribution in [0.2, 0.25) is 0 Å². The lowest BCUT2D eigenvalue weighted by Crippen LogP contribution is -2.41. The van der Waals surface area contributed by atoms with E-state index >= 15 is 0 Å². The van der Waals surface area contributed by atoms with Crippen LogP contribution in [0.25, 0.3) is 11.0 Å². The number of imidazole rings is 1. The van der Waals surface area contributed by atoms with Gasteiger partial charge in [0.05, 0.1) is 29.3 Å². The van der Waals surface area contributed by atoms with Crippen LogP contribution in [0.1, 0.15) is 30.3 Å². The molecule has 3 aliphatic rings. The van der Waals surface area contributed by atoms with E-state index in [1.54, 1.807) is 6.21 Å². The Morgan fingerprint density at radius 3 is 3.00 bits per heavy atom. The molecule has 1 aliphatic carbocycles. The number of nitrogens with zero attached hydrogens (tertiary/aromatic N) is 3. The van der Waals surface area contributed by atoms with Gasteiger partial charge in [-0.25, -0.2) is 4.98 Å². The van der Waals surface area contributed by atoms with Gasteiger partial charge in [-0.3, -0.25) is 15.1 Å². The van der Waals surface area contributed by atoms with Crippen LogP contribution in [-0.4, -0.2) is 52.9 Å². The SMILES string of the molecule is Cc1ccc2nc(C3N/C(=C4/C=CC(C(=O)N5CCNC5)CC4)C=NC3N)[nH]c2c1. The molecular weight excluding hydrogens is 378 g/mol. The van der Waals surface area contributed by atoms with Crippen molar-refractivity contribution >= 4 is 23.2 Å². The van der Waals surface area contributed by atoms with Gasteiger partial charge in [-0.05, 0) is 43.0 Å². The molecule has 1 aromatic carbocycles. The van der Waals surface area contributed by atoms with Crippen molar-refractivity contribution in [2.75, 3.05) is 19.8 Å². The number of hydrogen-bond donors (Lipinski definition) is 4. The number of fused-ring (bicyclic) bond motifs is 1. The number of aliphatic imine (C=N–C) groups is 1. The number of nitrogens with two attached hydrogens (primary N) is 1. The first-order valence-corrected chi connectivity index (χ1v) is 10.5. The summed E-state index contributed by atoms with van der Waals surface area (Å²) in [6, 6.07) is 5.92. The van der Waals surface area contributed by atoms with Gasteiger partial charge in [0.15, 0.2) is 0 Å². The van der Waals surface area contributed by atoms with Crippen LogP contribution in [0, 0.1) is 12.8 Å². The van der Waals surface area contributed by atoms with E-state index in [-0.39, 0.29) is 17.9 Å². The number of amides is 1. The molecule has 0 bridgehead atoms. The van der Waals surface area contributed by atoms with Crippen LogP contribution in [-0.2, 0) is 4.79 Å². The topological polar surface area (TPSA) is 111 Å². The second kappa shape index (κ2) is 7.70. The van der Waals surface area contributed by atoms with Crippen molar-refractivity contribution in [2.24, 2.45) is 16.6 Å². The van der Waals surface area contributed by atoms with Crippen molar-refractivity contribution in [1.29, 1.82) is 0 Å². The van der Waals surface area contributed by atoms with E-state index in [4.69, 9.17) is 10.7 Å². The normalized spacial score (nSPS) is 28.9. The molecule has 3 heterocycles. The number of aryl methyl sites for hydroxylation is 1. The number of carbonyl (C=O) groups is 1. The number of rotatable bonds is 2. The summed E-state index contributed by atoms with van der Waals surface area (Å²) in [7, 11) is 0. The van der Waals surface area contributed by atoms with Crippen molar-refractivity contribution in [3.8, 4) is 0 Å². The number of carbonyl (C=O) groups excluding carboxylic acids is 1. The number of hydrogen-bond acceptors (Lipinski definition) is 6. The van der Waals surface area contributed by atoms with Gasteiger partial charge in [0.25, 0.3) is 0 Å². The fraction of sp³-hybridized carbons (Fsp3) is 0.409. The lowest BCUT2D eigenvalue weighted by Gasteiger charge is -2.29. The summed E-state index contributed by atoms with van der Waals surface area (Å²) < 4.78 is 0.